The van der Waals surface area contributed by atoms with E-state index in [4.69, 9.17) is 4.74 Å². The minimum atomic E-state index is 0.225. The summed E-state index contributed by atoms with van der Waals surface area (Å²) in [5.74, 6) is 1.46. The number of allylic oxidation sites excluding steroid dienone is 1. The summed E-state index contributed by atoms with van der Waals surface area (Å²) in [4.78, 5) is 0. The minimum absolute atomic E-state index is 0.225. The van der Waals surface area contributed by atoms with E-state index in [-0.39, 0.29) is 5.60 Å². The Hall–Kier alpha value is -0.300. The molecule has 1 aliphatic heterocycles. The molecule has 3 aliphatic rings. The van der Waals surface area contributed by atoms with Crippen molar-refractivity contribution in [1.82, 2.24) is 0 Å². The summed E-state index contributed by atoms with van der Waals surface area (Å²) in [5, 5.41) is 0. The van der Waals surface area contributed by atoms with E-state index in [2.05, 4.69) is 27.4 Å². The van der Waals surface area contributed by atoms with Gasteiger partial charge in [0.05, 0.1) is 11.7 Å². The van der Waals surface area contributed by atoms with Crippen LogP contribution in [0.3, 0.4) is 0 Å². The van der Waals surface area contributed by atoms with Gasteiger partial charge in [0.2, 0.25) is 0 Å². The maximum absolute atomic E-state index is 6.03. The maximum Gasteiger partial charge on any atom is 0.0924 e. The molecule has 1 heterocycles. The summed E-state index contributed by atoms with van der Waals surface area (Å²) in [6, 6.07) is 0. The summed E-state index contributed by atoms with van der Waals surface area (Å²) in [5.41, 5.74) is 2.17. The van der Waals surface area contributed by atoms with Crippen LogP contribution >= 0.6 is 0 Å². The van der Waals surface area contributed by atoms with Crippen LogP contribution in [0.4, 0.5) is 0 Å². The fraction of sp³-hybridized carbons (Fsp3) is 0.867. The summed E-state index contributed by atoms with van der Waals surface area (Å²) in [6.45, 7) is 11.5. The lowest BCUT2D eigenvalue weighted by atomic mass is 9.62. The molecule has 16 heavy (non-hydrogen) atoms. The van der Waals surface area contributed by atoms with Crippen LogP contribution in [0, 0.1) is 17.3 Å². The third-order valence-electron chi connectivity index (χ3n) is 5.40. The SMILES string of the molecule is C=C1CCCC(C)(C)[C@H]2C3O[C@]3(C)CC[C@@H]12. The molecule has 0 spiro atoms. The molecule has 2 aliphatic carbocycles. The fourth-order valence-electron chi connectivity index (χ4n) is 4.28. The number of ether oxygens (including phenoxy) is 1. The highest BCUT2D eigenvalue weighted by molar-refractivity contribution is 5.19. The van der Waals surface area contributed by atoms with Crippen molar-refractivity contribution < 1.29 is 4.74 Å². The highest BCUT2D eigenvalue weighted by Gasteiger charge is 2.64. The lowest BCUT2D eigenvalue weighted by molar-refractivity contribution is 0.109. The average molecular weight is 220 g/mol. The highest BCUT2D eigenvalue weighted by Crippen LogP contribution is 2.61. The molecule has 2 saturated carbocycles. The molecule has 0 radical (unpaired) electrons. The molecular weight excluding hydrogens is 196 g/mol. The van der Waals surface area contributed by atoms with Crippen molar-refractivity contribution in [3.8, 4) is 0 Å². The lowest BCUT2D eigenvalue weighted by Crippen LogP contribution is -2.40. The quantitative estimate of drug-likeness (QED) is 0.445. The van der Waals surface area contributed by atoms with Gasteiger partial charge in [-0.3, -0.25) is 0 Å². The first kappa shape index (κ1) is 10.8. The molecule has 4 atom stereocenters. The van der Waals surface area contributed by atoms with Crippen LogP contribution in [0.2, 0.25) is 0 Å². The van der Waals surface area contributed by atoms with Crippen LogP contribution in [-0.2, 0) is 4.74 Å². The molecule has 0 aromatic rings. The van der Waals surface area contributed by atoms with Gasteiger partial charge >= 0.3 is 0 Å². The van der Waals surface area contributed by atoms with Gasteiger partial charge in [-0.05, 0) is 56.3 Å². The monoisotopic (exact) mass is 220 g/mol. The molecule has 0 amide bonds. The van der Waals surface area contributed by atoms with Crippen LogP contribution in [0.5, 0.6) is 0 Å². The van der Waals surface area contributed by atoms with Crippen molar-refractivity contribution >= 4 is 0 Å². The zero-order valence-electron chi connectivity index (χ0n) is 10.9. The summed E-state index contributed by atoms with van der Waals surface area (Å²) in [7, 11) is 0. The molecule has 1 unspecified atom stereocenters. The standard InChI is InChI=1S/C15H24O/c1-10-6-5-8-14(2,3)12-11(10)7-9-15(4)13(12)16-15/h11-13H,1,5-9H2,2-4H3/t11-,12+,13?,15+/m0/s1. The minimum Gasteiger partial charge on any atom is -0.366 e. The van der Waals surface area contributed by atoms with Crippen LogP contribution in [0.1, 0.15) is 52.9 Å². The molecule has 3 fully saturated rings. The Labute approximate surface area is 99.3 Å². The molecule has 0 bridgehead atoms. The first-order chi connectivity index (χ1) is 7.44. The van der Waals surface area contributed by atoms with Crippen LogP contribution in [0.25, 0.3) is 0 Å². The number of rotatable bonds is 0. The smallest absolute Gasteiger partial charge is 0.0924 e. The van der Waals surface area contributed by atoms with Gasteiger partial charge in [0.25, 0.3) is 0 Å². The van der Waals surface area contributed by atoms with E-state index in [1.165, 1.54) is 37.7 Å². The third-order valence-corrected chi connectivity index (χ3v) is 5.40. The van der Waals surface area contributed by atoms with E-state index >= 15 is 0 Å². The van der Waals surface area contributed by atoms with E-state index in [9.17, 15) is 0 Å². The Morgan fingerprint density at radius 2 is 2.00 bits per heavy atom. The summed E-state index contributed by atoms with van der Waals surface area (Å²) >= 11 is 0. The molecule has 90 valence electrons. The number of epoxide rings is 1. The molecular formula is C15H24O. The van der Waals surface area contributed by atoms with E-state index in [1.807, 2.05) is 0 Å². The Morgan fingerprint density at radius 3 is 2.75 bits per heavy atom. The van der Waals surface area contributed by atoms with Gasteiger partial charge in [0, 0.05) is 0 Å². The van der Waals surface area contributed by atoms with Gasteiger partial charge in [-0.2, -0.15) is 0 Å². The van der Waals surface area contributed by atoms with Gasteiger partial charge in [0.15, 0.2) is 0 Å². The average Bonchev–Trinajstić information content (AvgIpc) is 2.87. The first-order valence-electron chi connectivity index (χ1n) is 6.79. The topological polar surface area (TPSA) is 12.5 Å². The zero-order valence-corrected chi connectivity index (χ0v) is 10.9. The van der Waals surface area contributed by atoms with Crippen molar-refractivity contribution in [2.45, 2.75) is 64.6 Å². The second-order valence-electron chi connectivity index (χ2n) is 7.02. The van der Waals surface area contributed by atoms with Crippen molar-refractivity contribution in [3.05, 3.63) is 12.2 Å². The van der Waals surface area contributed by atoms with Gasteiger partial charge in [-0.1, -0.05) is 26.0 Å². The third kappa shape index (κ3) is 1.40. The van der Waals surface area contributed by atoms with Gasteiger partial charge in [-0.15, -0.1) is 0 Å². The second-order valence-corrected chi connectivity index (χ2v) is 7.02. The molecule has 0 aromatic carbocycles. The normalized spacial score (nSPS) is 50.2. The van der Waals surface area contributed by atoms with Crippen LogP contribution < -0.4 is 0 Å². The Balaban J connectivity index is 1.95. The van der Waals surface area contributed by atoms with E-state index in [0.717, 1.165) is 11.8 Å². The fourth-order valence-corrected chi connectivity index (χ4v) is 4.28. The van der Waals surface area contributed by atoms with Gasteiger partial charge in [-0.25, -0.2) is 0 Å². The Kier molecular flexibility index (Phi) is 2.12. The van der Waals surface area contributed by atoms with Crippen molar-refractivity contribution in [2.24, 2.45) is 17.3 Å². The van der Waals surface area contributed by atoms with E-state index < -0.39 is 0 Å². The number of hydrogen-bond donors (Lipinski definition) is 0. The first-order valence-corrected chi connectivity index (χ1v) is 6.79. The van der Waals surface area contributed by atoms with Gasteiger partial charge in [0.1, 0.15) is 0 Å². The molecule has 3 rings (SSSR count). The van der Waals surface area contributed by atoms with Crippen molar-refractivity contribution in [2.75, 3.05) is 0 Å². The molecule has 1 saturated heterocycles. The summed E-state index contributed by atoms with van der Waals surface area (Å²) < 4.78 is 6.03. The maximum atomic E-state index is 6.03. The Morgan fingerprint density at radius 1 is 1.25 bits per heavy atom. The molecule has 0 N–H and O–H groups in total. The second kappa shape index (κ2) is 3.13. The predicted octanol–water partition coefficient (Wildman–Crippen LogP) is 3.94. The molecule has 1 nitrogen and oxygen atoms in total. The van der Waals surface area contributed by atoms with Crippen molar-refractivity contribution in [3.63, 3.8) is 0 Å². The lowest BCUT2D eigenvalue weighted by Gasteiger charge is -2.40. The largest absolute Gasteiger partial charge is 0.366 e. The van der Waals surface area contributed by atoms with Gasteiger partial charge < -0.3 is 4.74 Å². The van der Waals surface area contributed by atoms with Crippen LogP contribution in [-0.4, -0.2) is 11.7 Å². The van der Waals surface area contributed by atoms with Crippen molar-refractivity contribution in [1.29, 1.82) is 0 Å². The highest BCUT2D eigenvalue weighted by atomic mass is 16.6. The van der Waals surface area contributed by atoms with Crippen LogP contribution in [0.15, 0.2) is 12.2 Å². The number of fused-ring (bicyclic) bond motifs is 3. The van der Waals surface area contributed by atoms with E-state index in [0.29, 0.717) is 11.5 Å². The van der Waals surface area contributed by atoms with E-state index in [1.54, 1.807) is 0 Å². The summed E-state index contributed by atoms with van der Waals surface area (Å²) in [6.07, 6.45) is 6.98. The Bertz CT molecular complexity index is 330. The predicted molar refractivity (Wildman–Crippen MR) is 66.3 cm³/mol. The zero-order chi connectivity index (χ0) is 11.6. The number of hydrogen-bond acceptors (Lipinski definition) is 1. The molecule has 1 heteroatoms. The molecule has 0 aromatic heterocycles.